The van der Waals surface area contributed by atoms with Crippen LogP contribution in [0.15, 0.2) is 0 Å². The molecule has 1 saturated heterocycles. The van der Waals surface area contributed by atoms with E-state index in [1.54, 1.807) is 0 Å². The highest BCUT2D eigenvalue weighted by Crippen LogP contribution is 2.45. The minimum atomic E-state index is 0.270. The highest BCUT2D eigenvalue weighted by atomic mass is 16.1. The van der Waals surface area contributed by atoms with Gasteiger partial charge in [0.1, 0.15) is 0 Å². The zero-order valence-electron chi connectivity index (χ0n) is 14.4. The van der Waals surface area contributed by atoms with Gasteiger partial charge in [0.2, 0.25) is 5.91 Å². The number of rotatable bonds is 4. The quantitative estimate of drug-likeness (QED) is 0.833. The molecule has 0 spiro atoms. The Bertz CT molecular complexity index is 340. The van der Waals surface area contributed by atoms with E-state index in [9.17, 15) is 4.79 Å². The lowest BCUT2D eigenvalue weighted by Crippen LogP contribution is -2.46. The Morgan fingerprint density at radius 1 is 1.10 bits per heavy atom. The van der Waals surface area contributed by atoms with Crippen LogP contribution in [-0.2, 0) is 4.79 Å². The molecule has 0 aromatic heterocycles. The Morgan fingerprint density at radius 2 is 1.67 bits per heavy atom. The largest absolute Gasteiger partial charge is 0.353 e. The number of hydrogen-bond acceptors (Lipinski definition) is 2. The molecule has 1 aliphatic carbocycles. The highest BCUT2D eigenvalue weighted by Gasteiger charge is 2.38. The third kappa shape index (κ3) is 5.61. The van der Waals surface area contributed by atoms with Gasteiger partial charge >= 0.3 is 0 Å². The van der Waals surface area contributed by atoms with Crippen LogP contribution in [0.1, 0.15) is 72.6 Å². The van der Waals surface area contributed by atoms with E-state index in [1.807, 2.05) is 0 Å². The van der Waals surface area contributed by atoms with E-state index >= 15 is 0 Å². The molecular formula is C18H34N2O. The number of amides is 1. The average molecular weight is 294 g/mol. The molecule has 2 fully saturated rings. The Hall–Kier alpha value is -0.570. The van der Waals surface area contributed by atoms with E-state index in [1.165, 1.54) is 19.3 Å². The summed E-state index contributed by atoms with van der Waals surface area (Å²) >= 11 is 0. The van der Waals surface area contributed by atoms with E-state index in [4.69, 9.17) is 0 Å². The number of carbonyl (C=O) groups is 1. The SMILES string of the molecule is CC1(C)CC(NC(=O)CCC2CCNCC2)CC(C)(C)C1. The van der Waals surface area contributed by atoms with Crippen molar-refractivity contribution in [2.24, 2.45) is 16.7 Å². The number of carbonyl (C=O) groups excluding carboxylic acids is 1. The molecule has 2 aliphatic rings. The summed E-state index contributed by atoms with van der Waals surface area (Å²) in [5.41, 5.74) is 0.684. The summed E-state index contributed by atoms with van der Waals surface area (Å²) in [6.07, 6.45) is 7.73. The Labute approximate surface area is 130 Å². The van der Waals surface area contributed by atoms with Crippen LogP contribution in [0.25, 0.3) is 0 Å². The van der Waals surface area contributed by atoms with E-state index in [-0.39, 0.29) is 5.91 Å². The number of nitrogens with one attached hydrogen (secondary N) is 2. The minimum Gasteiger partial charge on any atom is -0.353 e. The first-order valence-corrected chi connectivity index (χ1v) is 8.76. The van der Waals surface area contributed by atoms with Crippen molar-refractivity contribution in [1.29, 1.82) is 0 Å². The van der Waals surface area contributed by atoms with Crippen LogP contribution in [0, 0.1) is 16.7 Å². The molecule has 0 unspecified atom stereocenters. The van der Waals surface area contributed by atoms with Crippen molar-refractivity contribution in [2.75, 3.05) is 13.1 Å². The van der Waals surface area contributed by atoms with Gasteiger partial charge in [-0.3, -0.25) is 4.79 Å². The van der Waals surface area contributed by atoms with E-state index in [0.29, 0.717) is 23.3 Å². The van der Waals surface area contributed by atoms with Crippen molar-refractivity contribution >= 4 is 5.91 Å². The summed E-state index contributed by atoms with van der Waals surface area (Å²) < 4.78 is 0. The first-order chi connectivity index (χ1) is 9.76. The van der Waals surface area contributed by atoms with Crippen molar-refractivity contribution < 1.29 is 4.79 Å². The van der Waals surface area contributed by atoms with Gasteiger partial charge in [-0.05, 0) is 68.4 Å². The third-order valence-electron chi connectivity index (χ3n) is 5.16. The molecule has 1 heterocycles. The summed E-state index contributed by atoms with van der Waals surface area (Å²) in [5.74, 6) is 1.02. The Balaban J connectivity index is 1.76. The lowest BCUT2D eigenvalue weighted by atomic mass is 9.63. The molecular weight excluding hydrogens is 260 g/mol. The predicted octanol–water partition coefficient (Wildman–Crippen LogP) is 3.49. The molecule has 1 saturated carbocycles. The second-order valence-electron chi connectivity index (χ2n) is 8.91. The van der Waals surface area contributed by atoms with Crippen LogP contribution in [0.4, 0.5) is 0 Å². The van der Waals surface area contributed by atoms with Crippen LogP contribution in [-0.4, -0.2) is 25.0 Å². The second kappa shape index (κ2) is 6.68. The zero-order chi connectivity index (χ0) is 15.5. The predicted molar refractivity (Wildman–Crippen MR) is 88.2 cm³/mol. The fourth-order valence-electron chi connectivity index (χ4n) is 4.75. The van der Waals surface area contributed by atoms with Crippen molar-refractivity contribution in [3.8, 4) is 0 Å². The van der Waals surface area contributed by atoms with Gasteiger partial charge < -0.3 is 10.6 Å². The molecule has 0 aromatic rings. The van der Waals surface area contributed by atoms with E-state index in [0.717, 1.165) is 38.3 Å². The topological polar surface area (TPSA) is 41.1 Å². The van der Waals surface area contributed by atoms with E-state index in [2.05, 4.69) is 38.3 Å². The fourth-order valence-corrected chi connectivity index (χ4v) is 4.75. The maximum Gasteiger partial charge on any atom is 0.220 e. The monoisotopic (exact) mass is 294 g/mol. The molecule has 0 bridgehead atoms. The normalized spacial score (nSPS) is 26.5. The third-order valence-corrected chi connectivity index (χ3v) is 5.16. The standard InChI is InChI=1S/C18H34N2O/c1-17(2)11-15(12-18(3,4)13-17)20-16(21)6-5-14-7-9-19-10-8-14/h14-15,19H,5-13H2,1-4H3,(H,20,21). The van der Waals surface area contributed by atoms with Crippen LogP contribution in [0.5, 0.6) is 0 Å². The summed E-state index contributed by atoms with van der Waals surface area (Å²) in [7, 11) is 0. The van der Waals surface area contributed by atoms with Crippen molar-refractivity contribution in [1.82, 2.24) is 10.6 Å². The number of hydrogen-bond donors (Lipinski definition) is 2. The van der Waals surface area contributed by atoms with Gasteiger partial charge in [-0.25, -0.2) is 0 Å². The van der Waals surface area contributed by atoms with Gasteiger partial charge in [-0.2, -0.15) is 0 Å². The molecule has 0 atom stereocenters. The molecule has 0 radical (unpaired) electrons. The van der Waals surface area contributed by atoms with Gasteiger partial charge in [0.15, 0.2) is 0 Å². The van der Waals surface area contributed by atoms with Gasteiger partial charge in [0.25, 0.3) is 0 Å². The van der Waals surface area contributed by atoms with Crippen LogP contribution >= 0.6 is 0 Å². The van der Waals surface area contributed by atoms with Gasteiger partial charge in [-0.1, -0.05) is 27.7 Å². The maximum atomic E-state index is 12.2. The minimum absolute atomic E-state index is 0.270. The maximum absolute atomic E-state index is 12.2. The Morgan fingerprint density at radius 3 is 2.24 bits per heavy atom. The molecule has 21 heavy (non-hydrogen) atoms. The highest BCUT2D eigenvalue weighted by molar-refractivity contribution is 5.76. The Kier molecular flexibility index (Phi) is 5.34. The lowest BCUT2D eigenvalue weighted by molar-refractivity contribution is -0.123. The van der Waals surface area contributed by atoms with Gasteiger partial charge in [0.05, 0.1) is 0 Å². The molecule has 1 aliphatic heterocycles. The first kappa shape index (κ1) is 16.8. The molecule has 2 N–H and O–H groups in total. The average Bonchev–Trinajstić information content (AvgIpc) is 2.33. The van der Waals surface area contributed by atoms with Crippen molar-refractivity contribution in [2.45, 2.75) is 78.7 Å². The summed E-state index contributed by atoms with van der Waals surface area (Å²) in [5, 5.41) is 6.70. The zero-order valence-corrected chi connectivity index (χ0v) is 14.4. The molecule has 0 aromatic carbocycles. The fraction of sp³-hybridized carbons (Fsp3) is 0.944. The van der Waals surface area contributed by atoms with E-state index < -0.39 is 0 Å². The molecule has 3 nitrogen and oxygen atoms in total. The van der Waals surface area contributed by atoms with Gasteiger partial charge in [0, 0.05) is 12.5 Å². The van der Waals surface area contributed by atoms with Crippen LogP contribution in [0.2, 0.25) is 0 Å². The molecule has 3 heteroatoms. The van der Waals surface area contributed by atoms with Crippen molar-refractivity contribution in [3.63, 3.8) is 0 Å². The summed E-state index contributed by atoms with van der Waals surface area (Å²) in [4.78, 5) is 12.2. The molecule has 2 rings (SSSR count). The molecule has 122 valence electrons. The lowest BCUT2D eigenvalue weighted by Gasteiger charge is -2.45. The van der Waals surface area contributed by atoms with Crippen LogP contribution < -0.4 is 10.6 Å². The smallest absolute Gasteiger partial charge is 0.220 e. The summed E-state index contributed by atoms with van der Waals surface area (Å²) in [6.45, 7) is 11.6. The second-order valence-corrected chi connectivity index (χ2v) is 8.91. The van der Waals surface area contributed by atoms with Crippen molar-refractivity contribution in [3.05, 3.63) is 0 Å². The summed E-state index contributed by atoms with van der Waals surface area (Å²) in [6, 6.07) is 0.365. The number of piperidine rings is 1. The van der Waals surface area contributed by atoms with Crippen LogP contribution in [0.3, 0.4) is 0 Å². The first-order valence-electron chi connectivity index (χ1n) is 8.76. The molecule has 1 amide bonds. The van der Waals surface area contributed by atoms with Gasteiger partial charge in [-0.15, -0.1) is 0 Å².